The van der Waals surface area contributed by atoms with Crippen LogP contribution in [0, 0.1) is 0 Å². The number of aromatic amines is 1. The minimum atomic E-state index is -0.125. The van der Waals surface area contributed by atoms with E-state index in [1.807, 2.05) is 48.5 Å². The van der Waals surface area contributed by atoms with E-state index in [1.165, 1.54) is 6.33 Å². The highest BCUT2D eigenvalue weighted by Crippen LogP contribution is 2.28. The van der Waals surface area contributed by atoms with Crippen LogP contribution in [-0.4, -0.2) is 15.0 Å². The van der Waals surface area contributed by atoms with E-state index in [9.17, 15) is 4.79 Å². The van der Waals surface area contributed by atoms with Gasteiger partial charge in [-0.1, -0.05) is 24.3 Å². The van der Waals surface area contributed by atoms with Gasteiger partial charge in [0.2, 0.25) is 0 Å². The van der Waals surface area contributed by atoms with Gasteiger partial charge < -0.3 is 4.98 Å². The van der Waals surface area contributed by atoms with Crippen molar-refractivity contribution in [3.8, 4) is 11.1 Å². The topological polar surface area (TPSA) is 58.6 Å². The summed E-state index contributed by atoms with van der Waals surface area (Å²) in [5.41, 5.74) is 3.56. The van der Waals surface area contributed by atoms with Crippen LogP contribution in [0.5, 0.6) is 0 Å². The Hall–Kier alpha value is -3.01. The van der Waals surface area contributed by atoms with Crippen LogP contribution in [0.2, 0.25) is 0 Å². The molecule has 21 heavy (non-hydrogen) atoms. The molecule has 2 aromatic heterocycles. The molecule has 0 bridgehead atoms. The summed E-state index contributed by atoms with van der Waals surface area (Å²) in [6.45, 7) is 0. The molecule has 0 aliphatic rings. The predicted molar refractivity (Wildman–Crippen MR) is 83.1 cm³/mol. The summed E-state index contributed by atoms with van der Waals surface area (Å²) >= 11 is 0. The average molecular weight is 273 g/mol. The van der Waals surface area contributed by atoms with Gasteiger partial charge in [-0.15, -0.1) is 0 Å². The number of pyridine rings is 1. The van der Waals surface area contributed by atoms with Crippen molar-refractivity contribution in [3.63, 3.8) is 0 Å². The number of H-pyrrole nitrogens is 1. The fourth-order valence-corrected chi connectivity index (χ4v) is 2.59. The summed E-state index contributed by atoms with van der Waals surface area (Å²) in [6.07, 6.45) is 3.20. The van der Waals surface area contributed by atoms with Gasteiger partial charge in [0.05, 0.1) is 22.7 Å². The lowest BCUT2D eigenvalue weighted by molar-refractivity contribution is 1.17. The summed E-state index contributed by atoms with van der Waals surface area (Å²) in [5.74, 6) is 0. The third kappa shape index (κ3) is 1.89. The van der Waals surface area contributed by atoms with Crippen molar-refractivity contribution in [3.05, 3.63) is 71.4 Å². The van der Waals surface area contributed by atoms with Crippen LogP contribution in [0.4, 0.5) is 0 Å². The molecule has 4 nitrogen and oxygen atoms in total. The molecule has 0 amide bonds. The van der Waals surface area contributed by atoms with Gasteiger partial charge in [-0.2, -0.15) is 0 Å². The summed E-state index contributed by atoms with van der Waals surface area (Å²) in [7, 11) is 0. The number of hydrogen-bond acceptors (Lipinski definition) is 3. The van der Waals surface area contributed by atoms with Crippen molar-refractivity contribution >= 4 is 21.8 Å². The lowest BCUT2D eigenvalue weighted by Gasteiger charge is -2.07. The highest BCUT2D eigenvalue weighted by Gasteiger charge is 2.06. The second kappa shape index (κ2) is 4.52. The van der Waals surface area contributed by atoms with E-state index in [1.54, 1.807) is 6.20 Å². The lowest BCUT2D eigenvalue weighted by atomic mass is 9.99. The fraction of sp³-hybridized carbons (Fsp3) is 0. The lowest BCUT2D eigenvalue weighted by Crippen LogP contribution is -2.06. The molecule has 0 atom stereocenters. The van der Waals surface area contributed by atoms with E-state index in [0.717, 1.165) is 22.0 Å². The molecule has 4 rings (SSSR count). The van der Waals surface area contributed by atoms with Gasteiger partial charge in [0.25, 0.3) is 5.56 Å². The van der Waals surface area contributed by atoms with E-state index in [4.69, 9.17) is 0 Å². The first kappa shape index (κ1) is 11.8. The highest BCUT2D eigenvalue weighted by atomic mass is 16.1. The molecule has 0 unspecified atom stereocenters. The van der Waals surface area contributed by atoms with Gasteiger partial charge in [-0.3, -0.25) is 9.78 Å². The number of benzene rings is 2. The van der Waals surface area contributed by atoms with Gasteiger partial charge in [-0.25, -0.2) is 4.98 Å². The summed E-state index contributed by atoms with van der Waals surface area (Å²) in [5, 5.41) is 1.66. The zero-order valence-electron chi connectivity index (χ0n) is 11.1. The third-order valence-electron chi connectivity index (χ3n) is 3.60. The number of hydrogen-bond donors (Lipinski definition) is 1. The largest absolute Gasteiger partial charge is 0.313 e. The Bertz CT molecular complexity index is 1020. The van der Waals surface area contributed by atoms with E-state index in [-0.39, 0.29) is 5.56 Å². The molecule has 4 aromatic rings. The van der Waals surface area contributed by atoms with Crippen LogP contribution in [0.25, 0.3) is 32.9 Å². The van der Waals surface area contributed by atoms with Crippen molar-refractivity contribution in [1.29, 1.82) is 0 Å². The van der Waals surface area contributed by atoms with Crippen LogP contribution >= 0.6 is 0 Å². The van der Waals surface area contributed by atoms with E-state index >= 15 is 0 Å². The van der Waals surface area contributed by atoms with Crippen LogP contribution < -0.4 is 5.56 Å². The zero-order chi connectivity index (χ0) is 14.2. The molecule has 2 aromatic carbocycles. The maximum Gasteiger partial charge on any atom is 0.258 e. The Morgan fingerprint density at radius 3 is 2.71 bits per heavy atom. The Morgan fingerprint density at radius 2 is 1.76 bits per heavy atom. The number of fused-ring (bicyclic) bond motifs is 2. The van der Waals surface area contributed by atoms with Crippen LogP contribution in [0.3, 0.4) is 0 Å². The maximum absolute atomic E-state index is 11.9. The van der Waals surface area contributed by atoms with Crippen molar-refractivity contribution in [1.82, 2.24) is 15.0 Å². The normalized spacial score (nSPS) is 11.0. The number of rotatable bonds is 1. The molecular weight excluding hydrogens is 262 g/mol. The first-order valence-electron chi connectivity index (χ1n) is 6.64. The SMILES string of the molecule is O=c1[nH]cnc2ccc(-c3cccc4ncccc34)cc12. The van der Waals surface area contributed by atoms with E-state index in [2.05, 4.69) is 15.0 Å². The van der Waals surface area contributed by atoms with Crippen LogP contribution in [-0.2, 0) is 0 Å². The molecular formula is C17H11N3O. The minimum Gasteiger partial charge on any atom is -0.313 e. The van der Waals surface area contributed by atoms with Crippen LogP contribution in [0.1, 0.15) is 0 Å². The molecule has 4 heteroatoms. The Labute approximate surface area is 120 Å². The van der Waals surface area contributed by atoms with Gasteiger partial charge in [-0.05, 0) is 35.4 Å². The predicted octanol–water partition coefficient (Wildman–Crippen LogP) is 3.14. The van der Waals surface area contributed by atoms with Crippen molar-refractivity contribution in [2.24, 2.45) is 0 Å². The van der Waals surface area contributed by atoms with Crippen LogP contribution in [0.15, 0.2) is 65.8 Å². The van der Waals surface area contributed by atoms with Gasteiger partial charge in [0, 0.05) is 11.6 Å². The molecule has 0 aliphatic carbocycles. The monoisotopic (exact) mass is 273 g/mol. The van der Waals surface area contributed by atoms with Crippen molar-refractivity contribution < 1.29 is 0 Å². The second-order valence-corrected chi connectivity index (χ2v) is 4.84. The smallest absolute Gasteiger partial charge is 0.258 e. The molecule has 0 aliphatic heterocycles. The minimum absolute atomic E-state index is 0.125. The quantitative estimate of drug-likeness (QED) is 0.579. The Morgan fingerprint density at radius 1 is 0.857 bits per heavy atom. The van der Waals surface area contributed by atoms with Gasteiger partial charge in [0.1, 0.15) is 0 Å². The Balaban J connectivity index is 2.05. The second-order valence-electron chi connectivity index (χ2n) is 4.84. The van der Waals surface area contributed by atoms with Crippen molar-refractivity contribution in [2.45, 2.75) is 0 Å². The molecule has 0 fully saturated rings. The van der Waals surface area contributed by atoms with Gasteiger partial charge in [0.15, 0.2) is 0 Å². The first-order chi connectivity index (χ1) is 10.3. The first-order valence-corrected chi connectivity index (χ1v) is 6.64. The molecule has 0 saturated heterocycles. The standard InChI is InChI=1S/C17H11N3O/c21-17-14-9-11(6-7-16(14)19-10-20-17)12-3-1-5-15-13(12)4-2-8-18-15/h1-10H,(H,19,20,21). The van der Waals surface area contributed by atoms with Crippen molar-refractivity contribution in [2.75, 3.05) is 0 Å². The highest BCUT2D eigenvalue weighted by molar-refractivity contribution is 5.96. The summed E-state index contributed by atoms with van der Waals surface area (Å²) < 4.78 is 0. The molecule has 0 spiro atoms. The number of aromatic nitrogens is 3. The summed E-state index contributed by atoms with van der Waals surface area (Å²) in [6, 6.07) is 15.7. The fourth-order valence-electron chi connectivity index (χ4n) is 2.59. The van der Waals surface area contributed by atoms with E-state index < -0.39 is 0 Å². The summed E-state index contributed by atoms with van der Waals surface area (Å²) in [4.78, 5) is 23.1. The number of nitrogens with one attached hydrogen (secondary N) is 1. The Kier molecular flexibility index (Phi) is 2.54. The molecule has 100 valence electrons. The maximum atomic E-state index is 11.9. The zero-order valence-corrected chi connectivity index (χ0v) is 11.1. The molecule has 2 heterocycles. The average Bonchev–Trinajstić information content (AvgIpc) is 2.54. The van der Waals surface area contributed by atoms with Gasteiger partial charge >= 0.3 is 0 Å². The molecule has 0 saturated carbocycles. The molecule has 1 N–H and O–H groups in total. The molecule has 0 radical (unpaired) electrons. The number of nitrogens with zero attached hydrogens (tertiary/aromatic N) is 2. The van der Waals surface area contributed by atoms with E-state index in [0.29, 0.717) is 10.9 Å². The third-order valence-corrected chi connectivity index (χ3v) is 3.60.